The number of rotatable bonds is 65. The number of unbranched alkanes of at least 4 members (excludes halogenated alkanes) is 54. The summed E-state index contributed by atoms with van der Waals surface area (Å²) in [5.41, 5.74) is 0. The Bertz CT molecular complexity index is 1070. The van der Waals surface area contributed by atoms with Gasteiger partial charge in [0, 0.05) is 12.8 Å². The zero-order valence-electron chi connectivity index (χ0n) is 50.6. The highest BCUT2D eigenvalue weighted by atomic mass is 16.5. The van der Waals surface area contributed by atoms with Gasteiger partial charge in [0.1, 0.15) is 0 Å². The van der Waals surface area contributed by atoms with E-state index in [0.29, 0.717) is 25.9 Å². The Morgan fingerprint density at radius 1 is 0.324 bits per heavy atom. The average molecular weight is 1050 g/mol. The molecule has 1 amide bonds. The number of nitrogens with one attached hydrogen (secondary N) is 1. The second kappa shape index (κ2) is 64.4. The van der Waals surface area contributed by atoms with Crippen LogP contribution < -0.4 is 5.32 Å². The maximum atomic E-state index is 12.5. The average Bonchev–Trinajstić information content (AvgIpc) is 3.40. The molecular weight excluding hydrogens is 911 g/mol. The molecule has 0 saturated carbocycles. The number of aliphatic hydroxyl groups is 2. The van der Waals surface area contributed by atoms with E-state index in [1.807, 2.05) is 0 Å². The SMILES string of the molecule is CCCCCCCCCCCCCCCCCCCCCC(O)C(CO)NC(=O)CCCCCCCCCCCCCCCCCCCCCCCCCOC(=O)CCCCCCCCCCCCCCCCC. The topological polar surface area (TPSA) is 95.9 Å². The van der Waals surface area contributed by atoms with Gasteiger partial charge in [0.05, 0.1) is 25.4 Å². The Balaban J connectivity index is 3.35. The first-order valence-corrected chi connectivity index (χ1v) is 34.3. The summed E-state index contributed by atoms with van der Waals surface area (Å²) < 4.78 is 5.50. The minimum absolute atomic E-state index is 0.0187. The minimum atomic E-state index is -0.663. The molecule has 2 unspecified atom stereocenters. The number of hydrogen-bond acceptors (Lipinski definition) is 5. The van der Waals surface area contributed by atoms with E-state index in [1.165, 1.54) is 327 Å². The molecule has 6 heteroatoms. The molecule has 0 aromatic heterocycles. The number of esters is 1. The highest BCUT2D eigenvalue weighted by molar-refractivity contribution is 5.76. The summed E-state index contributed by atoms with van der Waals surface area (Å²) in [7, 11) is 0. The number of aliphatic hydroxyl groups excluding tert-OH is 2. The molecule has 0 bridgehead atoms. The molecular formula is C68H135NO5. The van der Waals surface area contributed by atoms with Crippen LogP contribution in [0.25, 0.3) is 0 Å². The predicted octanol–water partition coefficient (Wildman–Crippen LogP) is 21.8. The normalized spacial score (nSPS) is 12.4. The number of carbonyl (C=O) groups excluding carboxylic acids is 2. The van der Waals surface area contributed by atoms with Crippen LogP contribution >= 0.6 is 0 Å². The first-order valence-electron chi connectivity index (χ1n) is 34.3. The van der Waals surface area contributed by atoms with Crippen LogP contribution in [0, 0.1) is 0 Å². The molecule has 0 aromatic rings. The van der Waals surface area contributed by atoms with Crippen molar-refractivity contribution in [2.75, 3.05) is 13.2 Å². The van der Waals surface area contributed by atoms with Crippen LogP contribution in [0.15, 0.2) is 0 Å². The minimum Gasteiger partial charge on any atom is -0.466 e. The zero-order chi connectivity index (χ0) is 53.6. The fourth-order valence-electron chi connectivity index (χ4n) is 11.2. The lowest BCUT2D eigenvalue weighted by Crippen LogP contribution is -2.45. The van der Waals surface area contributed by atoms with Crippen molar-refractivity contribution in [2.24, 2.45) is 0 Å². The lowest BCUT2D eigenvalue weighted by molar-refractivity contribution is -0.143. The van der Waals surface area contributed by atoms with Crippen LogP contribution in [-0.4, -0.2) is 47.4 Å². The van der Waals surface area contributed by atoms with Crippen molar-refractivity contribution < 1.29 is 24.5 Å². The van der Waals surface area contributed by atoms with Crippen LogP contribution in [0.3, 0.4) is 0 Å². The Hall–Kier alpha value is -1.14. The summed E-state index contributed by atoms with van der Waals surface area (Å²) in [6, 6.07) is -0.540. The maximum absolute atomic E-state index is 12.5. The van der Waals surface area contributed by atoms with Gasteiger partial charge < -0.3 is 20.3 Å². The molecule has 0 aliphatic rings. The summed E-state index contributed by atoms with van der Waals surface area (Å²) >= 11 is 0. The maximum Gasteiger partial charge on any atom is 0.305 e. The van der Waals surface area contributed by atoms with Crippen LogP contribution in [0.5, 0.6) is 0 Å². The van der Waals surface area contributed by atoms with E-state index in [4.69, 9.17) is 4.74 Å². The summed E-state index contributed by atoms with van der Waals surface area (Å²) in [5.74, 6) is -0.0108. The Morgan fingerprint density at radius 2 is 0.554 bits per heavy atom. The quantitative estimate of drug-likeness (QED) is 0.0417. The highest BCUT2D eigenvalue weighted by Gasteiger charge is 2.20. The van der Waals surface area contributed by atoms with Gasteiger partial charge >= 0.3 is 5.97 Å². The molecule has 74 heavy (non-hydrogen) atoms. The molecule has 0 aliphatic carbocycles. The Labute approximate surface area is 464 Å². The number of hydrogen-bond donors (Lipinski definition) is 3. The van der Waals surface area contributed by atoms with Crippen molar-refractivity contribution in [2.45, 2.75) is 411 Å². The van der Waals surface area contributed by atoms with Crippen molar-refractivity contribution in [3.8, 4) is 0 Å². The molecule has 2 atom stereocenters. The van der Waals surface area contributed by atoms with E-state index in [0.717, 1.165) is 38.5 Å². The third kappa shape index (κ3) is 60.1. The highest BCUT2D eigenvalue weighted by Crippen LogP contribution is 2.19. The van der Waals surface area contributed by atoms with Crippen molar-refractivity contribution >= 4 is 11.9 Å². The molecule has 0 heterocycles. The van der Waals surface area contributed by atoms with E-state index in [9.17, 15) is 19.8 Å². The van der Waals surface area contributed by atoms with Gasteiger partial charge in [-0.15, -0.1) is 0 Å². The molecule has 0 radical (unpaired) electrons. The molecule has 6 nitrogen and oxygen atoms in total. The number of carbonyl (C=O) groups is 2. The van der Waals surface area contributed by atoms with E-state index in [2.05, 4.69) is 19.2 Å². The van der Waals surface area contributed by atoms with Crippen molar-refractivity contribution in [3.63, 3.8) is 0 Å². The van der Waals surface area contributed by atoms with Gasteiger partial charge in [-0.05, 0) is 25.7 Å². The largest absolute Gasteiger partial charge is 0.466 e. The van der Waals surface area contributed by atoms with E-state index in [1.54, 1.807) is 0 Å². The lowest BCUT2D eigenvalue weighted by Gasteiger charge is -2.22. The van der Waals surface area contributed by atoms with Gasteiger partial charge in [0.25, 0.3) is 0 Å². The monoisotopic (exact) mass is 1050 g/mol. The van der Waals surface area contributed by atoms with E-state index < -0.39 is 12.1 Å². The summed E-state index contributed by atoms with van der Waals surface area (Å²) in [4.78, 5) is 24.6. The van der Waals surface area contributed by atoms with Crippen LogP contribution in [0.2, 0.25) is 0 Å². The number of amides is 1. The molecule has 0 fully saturated rings. The third-order valence-electron chi connectivity index (χ3n) is 16.4. The third-order valence-corrected chi connectivity index (χ3v) is 16.4. The van der Waals surface area contributed by atoms with Crippen LogP contribution in [-0.2, 0) is 14.3 Å². The molecule has 442 valence electrons. The van der Waals surface area contributed by atoms with Gasteiger partial charge in [-0.3, -0.25) is 9.59 Å². The van der Waals surface area contributed by atoms with Crippen LogP contribution in [0.4, 0.5) is 0 Å². The second-order valence-corrected chi connectivity index (χ2v) is 23.9. The second-order valence-electron chi connectivity index (χ2n) is 23.9. The van der Waals surface area contributed by atoms with Gasteiger partial charge in [-0.2, -0.15) is 0 Å². The fourth-order valence-corrected chi connectivity index (χ4v) is 11.2. The van der Waals surface area contributed by atoms with Crippen molar-refractivity contribution in [1.29, 1.82) is 0 Å². The van der Waals surface area contributed by atoms with Gasteiger partial charge in [0.2, 0.25) is 5.91 Å². The fraction of sp³-hybridized carbons (Fsp3) is 0.971. The Morgan fingerprint density at radius 3 is 0.824 bits per heavy atom. The van der Waals surface area contributed by atoms with Crippen molar-refractivity contribution in [1.82, 2.24) is 5.32 Å². The smallest absolute Gasteiger partial charge is 0.305 e. The summed E-state index contributed by atoms with van der Waals surface area (Å²) in [6.07, 6.45) is 77.1. The van der Waals surface area contributed by atoms with Crippen molar-refractivity contribution in [3.05, 3.63) is 0 Å². The molecule has 3 N–H and O–H groups in total. The molecule has 0 spiro atoms. The Kier molecular flexibility index (Phi) is 63.4. The van der Waals surface area contributed by atoms with Gasteiger partial charge in [0.15, 0.2) is 0 Å². The first kappa shape index (κ1) is 72.9. The van der Waals surface area contributed by atoms with Gasteiger partial charge in [-0.25, -0.2) is 0 Å². The summed E-state index contributed by atoms with van der Waals surface area (Å²) in [5, 5.41) is 23.4. The molecule has 0 saturated heterocycles. The lowest BCUT2D eigenvalue weighted by atomic mass is 10.0. The van der Waals surface area contributed by atoms with E-state index >= 15 is 0 Å². The van der Waals surface area contributed by atoms with Crippen LogP contribution in [0.1, 0.15) is 399 Å². The molecule has 0 aromatic carbocycles. The zero-order valence-corrected chi connectivity index (χ0v) is 50.6. The molecule has 0 rings (SSSR count). The number of ether oxygens (including phenoxy) is 1. The predicted molar refractivity (Wildman–Crippen MR) is 324 cm³/mol. The molecule has 0 aliphatic heterocycles. The van der Waals surface area contributed by atoms with Gasteiger partial charge in [-0.1, -0.05) is 361 Å². The first-order chi connectivity index (χ1) is 36.5. The van der Waals surface area contributed by atoms with E-state index in [-0.39, 0.29) is 18.5 Å². The standard InChI is InChI=1S/C68H135NO5/c1-3-5-7-9-11-13-15-17-19-20-26-29-33-36-40-44-48-52-56-60-66(71)65(64-70)69-67(72)61-57-53-49-45-41-37-34-30-27-24-22-21-23-25-28-31-35-39-43-47-51-55-59-63-74-68(73)62-58-54-50-46-42-38-32-18-16-14-12-10-8-6-4-2/h65-66,70-71H,3-64H2,1-2H3,(H,69,72). The summed E-state index contributed by atoms with van der Waals surface area (Å²) in [6.45, 7) is 5.00.